The van der Waals surface area contributed by atoms with Crippen LogP contribution in [0.25, 0.3) is 44.3 Å². The van der Waals surface area contributed by atoms with Gasteiger partial charge < -0.3 is 8.83 Å². The second-order valence-electron chi connectivity index (χ2n) is 5.59. The molecule has 4 nitrogen and oxygen atoms in total. The summed E-state index contributed by atoms with van der Waals surface area (Å²) in [7, 11) is 0. The summed E-state index contributed by atoms with van der Waals surface area (Å²) in [6.07, 6.45) is 3.51. The number of fused-ring (bicyclic) bond motifs is 5. The third-order valence-corrected chi connectivity index (χ3v) is 4.12. The molecule has 23 heavy (non-hydrogen) atoms. The van der Waals surface area contributed by atoms with Crippen LogP contribution >= 0.6 is 0 Å². The first-order chi connectivity index (χ1) is 11.3. The molecule has 0 radical (unpaired) electrons. The maximum atomic E-state index is 6.07. The van der Waals surface area contributed by atoms with Crippen LogP contribution in [0.2, 0.25) is 0 Å². The summed E-state index contributed by atoms with van der Waals surface area (Å²) in [5, 5.41) is 3.00. The number of benzene rings is 1. The highest BCUT2D eigenvalue weighted by Gasteiger charge is 2.17. The van der Waals surface area contributed by atoms with Crippen molar-refractivity contribution < 1.29 is 8.83 Å². The Hall–Kier alpha value is -3.14. The Bertz CT molecular complexity index is 1170. The van der Waals surface area contributed by atoms with Gasteiger partial charge in [0.25, 0.3) is 0 Å². The SMILES string of the molecule is Cc1ccc2c(n1)oc1c2ccc2occ(-c3ccccn3)c21. The van der Waals surface area contributed by atoms with E-state index >= 15 is 0 Å². The van der Waals surface area contributed by atoms with Gasteiger partial charge in [-0.15, -0.1) is 0 Å². The van der Waals surface area contributed by atoms with E-state index in [4.69, 9.17) is 8.83 Å². The minimum atomic E-state index is 0.653. The summed E-state index contributed by atoms with van der Waals surface area (Å²) in [5.41, 5.74) is 4.97. The number of furan rings is 2. The molecule has 4 heteroatoms. The second-order valence-corrected chi connectivity index (χ2v) is 5.59. The van der Waals surface area contributed by atoms with Gasteiger partial charge in [-0.25, -0.2) is 4.98 Å². The molecule has 0 aliphatic rings. The molecule has 0 amide bonds. The number of nitrogens with zero attached hydrogens (tertiary/aromatic N) is 2. The van der Waals surface area contributed by atoms with Crippen LogP contribution in [-0.2, 0) is 0 Å². The number of aromatic nitrogens is 2. The van der Waals surface area contributed by atoms with E-state index in [1.807, 2.05) is 43.3 Å². The fraction of sp³-hybridized carbons (Fsp3) is 0.0526. The molecule has 0 fully saturated rings. The Balaban J connectivity index is 1.95. The zero-order chi connectivity index (χ0) is 15.4. The van der Waals surface area contributed by atoms with Crippen LogP contribution in [-0.4, -0.2) is 9.97 Å². The van der Waals surface area contributed by atoms with E-state index in [9.17, 15) is 0 Å². The Labute approximate surface area is 131 Å². The van der Waals surface area contributed by atoms with E-state index in [2.05, 4.69) is 16.0 Å². The number of pyridine rings is 2. The van der Waals surface area contributed by atoms with Crippen molar-refractivity contribution in [3.05, 3.63) is 60.6 Å². The number of hydrogen-bond donors (Lipinski definition) is 0. The number of rotatable bonds is 1. The normalized spacial score (nSPS) is 11.7. The first-order valence-electron chi connectivity index (χ1n) is 7.43. The fourth-order valence-electron chi connectivity index (χ4n) is 3.04. The molecule has 0 atom stereocenters. The van der Waals surface area contributed by atoms with Crippen molar-refractivity contribution in [2.75, 3.05) is 0 Å². The molecule has 4 aromatic heterocycles. The van der Waals surface area contributed by atoms with Crippen LogP contribution in [0.3, 0.4) is 0 Å². The van der Waals surface area contributed by atoms with Gasteiger partial charge in [0.1, 0.15) is 17.4 Å². The molecule has 0 spiro atoms. The van der Waals surface area contributed by atoms with Crippen LogP contribution in [0.5, 0.6) is 0 Å². The molecular formula is C19H12N2O2. The van der Waals surface area contributed by atoms with Crippen LogP contribution in [0.15, 0.2) is 63.8 Å². The van der Waals surface area contributed by atoms with E-state index in [1.165, 1.54) is 0 Å². The van der Waals surface area contributed by atoms with Crippen molar-refractivity contribution in [1.29, 1.82) is 0 Å². The summed E-state index contributed by atoms with van der Waals surface area (Å²) >= 11 is 0. The highest BCUT2D eigenvalue weighted by atomic mass is 16.3. The van der Waals surface area contributed by atoms with Crippen molar-refractivity contribution in [2.24, 2.45) is 0 Å². The molecule has 110 valence electrons. The molecule has 0 saturated carbocycles. The van der Waals surface area contributed by atoms with Crippen molar-refractivity contribution in [2.45, 2.75) is 6.92 Å². The van der Waals surface area contributed by atoms with Gasteiger partial charge in [-0.2, -0.15) is 0 Å². The van der Waals surface area contributed by atoms with E-state index in [0.717, 1.165) is 44.3 Å². The van der Waals surface area contributed by atoms with Crippen LogP contribution in [0.4, 0.5) is 0 Å². The minimum absolute atomic E-state index is 0.653. The molecule has 0 aliphatic heterocycles. The van der Waals surface area contributed by atoms with Crippen LogP contribution < -0.4 is 0 Å². The zero-order valence-corrected chi connectivity index (χ0v) is 12.4. The van der Waals surface area contributed by atoms with E-state index < -0.39 is 0 Å². The standard InChI is InChI=1S/C19H12N2O2/c1-11-5-6-13-12-7-8-16-17(18(12)23-19(13)21-11)14(10-22-16)15-4-2-3-9-20-15/h2-10H,1H3. The molecule has 5 aromatic rings. The lowest BCUT2D eigenvalue weighted by molar-refractivity contribution is 0.616. The van der Waals surface area contributed by atoms with Crippen LogP contribution in [0.1, 0.15) is 5.69 Å². The minimum Gasteiger partial charge on any atom is -0.463 e. The lowest BCUT2D eigenvalue weighted by Gasteiger charge is -1.97. The highest BCUT2D eigenvalue weighted by molar-refractivity contribution is 6.17. The molecule has 4 heterocycles. The number of hydrogen-bond acceptors (Lipinski definition) is 4. The van der Waals surface area contributed by atoms with Crippen molar-refractivity contribution in [3.8, 4) is 11.3 Å². The first kappa shape index (κ1) is 12.4. The highest BCUT2D eigenvalue weighted by Crippen LogP contribution is 2.38. The quantitative estimate of drug-likeness (QED) is 0.432. The molecule has 0 bridgehead atoms. The van der Waals surface area contributed by atoms with Gasteiger partial charge in [-0.3, -0.25) is 4.98 Å². The molecule has 5 rings (SSSR count). The van der Waals surface area contributed by atoms with Gasteiger partial charge in [0.15, 0.2) is 0 Å². The smallest absolute Gasteiger partial charge is 0.227 e. The third kappa shape index (κ3) is 1.72. The predicted molar refractivity (Wildman–Crippen MR) is 89.3 cm³/mol. The molecular weight excluding hydrogens is 288 g/mol. The maximum absolute atomic E-state index is 6.07. The topological polar surface area (TPSA) is 52.1 Å². The van der Waals surface area contributed by atoms with Gasteiger partial charge in [0.05, 0.1) is 16.6 Å². The monoisotopic (exact) mass is 300 g/mol. The fourth-order valence-corrected chi connectivity index (χ4v) is 3.04. The maximum Gasteiger partial charge on any atom is 0.227 e. The Morgan fingerprint density at radius 3 is 2.74 bits per heavy atom. The predicted octanol–water partition coefficient (Wildman–Crippen LogP) is 5.10. The van der Waals surface area contributed by atoms with Crippen molar-refractivity contribution in [1.82, 2.24) is 9.97 Å². The van der Waals surface area contributed by atoms with Gasteiger partial charge in [-0.1, -0.05) is 6.07 Å². The van der Waals surface area contributed by atoms with Gasteiger partial charge in [0.2, 0.25) is 5.71 Å². The molecule has 0 aliphatic carbocycles. The van der Waals surface area contributed by atoms with Gasteiger partial charge in [0, 0.05) is 22.7 Å². The first-order valence-corrected chi connectivity index (χ1v) is 7.43. The summed E-state index contributed by atoms with van der Waals surface area (Å²) in [4.78, 5) is 8.92. The molecule has 1 aromatic carbocycles. The zero-order valence-electron chi connectivity index (χ0n) is 12.4. The Morgan fingerprint density at radius 1 is 0.957 bits per heavy atom. The Kier molecular flexibility index (Phi) is 2.39. The van der Waals surface area contributed by atoms with Crippen LogP contribution in [0, 0.1) is 6.92 Å². The summed E-state index contributed by atoms with van der Waals surface area (Å²) in [5.74, 6) is 0. The average Bonchev–Trinajstić information content (AvgIpc) is 3.15. The molecule has 0 N–H and O–H groups in total. The Morgan fingerprint density at radius 2 is 1.87 bits per heavy atom. The average molecular weight is 300 g/mol. The third-order valence-electron chi connectivity index (χ3n) is 4.12. The largest absolute Gasteiger partial charge is 0.463 e. The van der Waals surface area contributed by atoms with E-state index in [0.29, 0.717) is 5.71 Å². The van der Waals surface area contributed by atoms with Crippen molar-refractivity contribution in [3.63, 3.8) is 0 Å². The molecule has 0 saturated heterocycles. The van der Waals surface area contributed by atoms with Gasteiger partial charge >= 0.3 is 0 Å². The summed E-state index contributed by atoms with van der Waals surface area (Å²) in [6.45, 7) is 1.96. The second kappa shape index (κ2) is 4.43. The lowest BCUT2D eigenvalue weighted by atomic mass is 10.1. The lowest BCUT2D eigenvalue weighted by Crippen LogP contribution is -1.80. The number of aryl methyl sites for hydroxylation is 1. The van der Waals surface area contributed by atoms with E-state index in [-0.39, 0.29) is 0 Å². The van der Waals surface area contributed by atoms with Gasteiger partial charge in [-0.05, 0) is 43.3 Å². The molecule has 0 unspecified atom stereocenters. The van der Waals surface area contributed by atoms with E-state index in [1.54, 1.807) is 12.5 Å². The summed E-state index contributed by atoms with van der Waals surface area (Å²) in [6, 6.07) is 13.9. The van der Waals surface area contributed by atoms with Crippen molar-refractivity contribution >= 4 is 33.0 Å². The summed E-state index contributed by atoms with van der Waals surface area (Å²) < 4.78 is 11.8.